The van der Waals surface area contributed by atoms with Crippen molar-refractivity contribution in [1.29, 1.82) is 0 Å². The summed E-state index contributed by atoms with van der Waals surface area (Å²) in [6.07, 6.45) is 1.62. The summed E-state index contributed by atoms with van der Waals surface area (Å²) < 4.78 is 39.6. The molecule has 1 amide bonds. The van der Waals surface area contributed by atoms with Gasteiger partial charge in [-0.2, -0.15) is 8.42 Å². The normalized spacial score (nSPS) is 18.5. The number of fused-ring (bicyclic) bond motifs is 1. The van der Waals surface area contributed by atoms with E-state index in [0.29, 0.717) is 29.8 Å². The van der Waals surface area contributed by atoms with Crippen LogP contribution in [-0.2, 0) is 14.3 Å². The first kappa shape index (κ1) is 25.3. The van der Waals surface area contributed by atoms with Crippen LogP contribution < -0.4 is 19.7 Å². The Bertz CT molecular complexity index is 1130. The minimum atomic E-state index is -3.62. The molecule has 1 fully saturated rings. The maximum absolute atomic E-state index is 12.8. The quantitative estimate of drug-likeness (QED) is 0.412. The van der Waals surface area contributed by atoms with Crippen LogP contribution >= 0.6 is 0 Å². The molecule has 2 aromatic carbocycles. The molecule has 0 unspecified atom stereocenters. The molecule has 2 aliphatic rings. The van der Waals surface area contributed by atoms with E-state index in [1.54, 1.807) is 25.3 Å². The highest BCUT2D eigenvalue weighted by atomic mass is 32.2. The van der Waals surface area contributed by atoms with Gasteiger partial charge in [0.1, 0.15) is 17.6 Å². The maximum Gasteiger partial charge on any atom is 0.264 e. The van der Waals surface area contributed by atoms with Gasteiger partial charge in [-0.15, -0.1) is 0 Å². The predicted molar refractivity (Wildman–Crippen MR) is 134 cm³/mol. The summed E-state index contributed by atoms with van der Waals surface area (Å²) in [6, 6.07) is 13.2. The molecule has 190 valence electrons. The highest BCUT2D eigenvalue weighted by molar-refractivity contribution is 7.86. The molecule has 9 nitrogen and oxygen atoms in total. The van der Waals surface area contributed by atoms with Crippen molar-refractivity contribution in [3.05, 3.63) is 53.6 Å². The molecule has 0 aliphatic carbocycles. The van der Waals surface area contributed by atoms with Crippen molar-refractivity contribution in [3.8, 4) is 11.5 Å². The molecule has 0 aromatic heterocycles. The number of nitrogens with zero attached hydrogens (tertiary/aromatic N) is 2. The van der Waals surface area contributed by atoms with Crippen LogP contribution in [0.5, 0.6) is 11.5 Å². The van der Waals surface area contributed by atoms with Gasteiger partial charge in [-0.25, -0.2) is 0 Å². The number of para-hydroxylation sites is 3. The molecule has 0 bridgehead atoms. The summed E-state index contributed by atoms with van der Waals surface area (Å²) in [5.41, 5.74) is 2.11. The van der Waals surface area contributed by atoms with E-state index < -0.39 is 16.2 Å². The minimum Gasteiger partial charge on any atom is -0.495 e. The Morgan fingerprint density at radius 1 is 1.11 bits per heavy atom. The van der Waals surface area contributed by atoms with Crippen LogP contribution in [0.1, 0.15) is 34.9 Å². The molecule has 4 rings (SSSR count). The zero-order chi connectivity index (χ0) is 24.8. The van der Waals surface area contributed by atoms with Crippen molar-refractivity contribution in [2.45, 2.75) is 18.9 Å². The van der Waals surface area contributed by atoms with Gasteiger partial charge in [0.25, 0.3) is 16.0 Å². The van der Waals surface area contributed by atoms with Crippen LogP contribution in [0, 0.1) is 0 Å². The molecular formula is C25H33N3O6S. The molecule has 0 radical (unpaired) electrons. The SMILES string of the molecule is COc1ccccc1N1CCN(CCCNC(=O)c2cccc3c2OCC[C@@H]3OS(C)(=O)=O)CC1. The van der Waals surface area contributed by atoms with Crippen LogP contribution in [0.25, 0.3) is 0 Å². The Kier molecular flexibility index (Phi) is 8.15. The fraction of sp³-hybridized carbons (Fsp3) is 0.480. The number of carbonyl (C=O) groups is 1. The summed E-state index contributed by atoms with van der Waals surface area (Å²) >= 11 is 0. The van der Waals surface area contributed by atoms with E-state index in [1.807, 2.05) is 18.2 Å². The number of piperazine rings is 1. The van der Waals surface area contributed by atoms with E-state index in [4.69, 9.17) is 13.7 Å². The Labute approximate surface area is 207 Å². The molecular weight excluding hydrogens is 470 g/mol. The van der Waals surface area contributed by atoms with Gasteiger partial charge in [0, 0.05) is 44.7 Å². The molecule has 1 N–H and O–H groups in total. The van der Waals surface area contributed by atoms with Crippen LogP contribution in [0.4, 0.5) is 5.69 Å². The topological polar surface area (TPSA) is 97.4 Å². The molecule has 2 heterocycles. The van der Waals surface area contributed by atoms with Gasteiger partial charge in [-0.05, 0) is 31.2 Å². The lowest BCUT2D eigenvalue weighted by Crippen LogP contribution is -2.47. The molecule has 2 aromatic rings. The molecule has 10 heteroatoms. The zero-order valence-electron chi connectivity index (χ0n) is 20.2. The van der Waals surface area contributed by atoms with Crippen molar-refractivity contribution in [2.75, 3.05) is 64.1 Å². The summed E-state index contributed by atoms with van der Waals surface area (Å²) in [4.78, 5) is 17.6. The van der Waals surface area contributed by atoms with E-state index in [2.05, 4.69) is 21.2 Å². The summed E-state index contributed by atoms with van der Waals surface area (Å²) in [6.45, 7) is 5.49. The van der Waals surface area contributed by atoms with E-state index in [1.165, 1.54) is 0 Å². The summed E-state index contributed by atoms with van der Waals surface area (Å²) in [7, 11) is -1.92. The second-order valence-electron chi connectivity index (χ2n) is 8.76. The molecule has 1 saturated heterocycles. The van der Waals surface area contributed by atoms with Gasteiger partial charge >= 0.3 is 0 Å². The number of nitrogens with one attached hydrogen (secondary N) is 1. The van der Waals surface area contributed by atoms with Gasteiger partial charge in [0.2, 0.25) is 0 Å². The third kappa shape index (κ3) is 6.45. The number of methoxy groups -OCH3 is 1. The van der Waals surface area contributed by atoms with Gasteiger partial charge in [-0.3, -0.25) is 13.9 Å². The number of hydrogen-bond donors (Lipinski definition) is 1. The standard InChI is InChI=1S/C25H33N3O6S/c1-32-23-10-4-3-9-21(23)28-16-14-27(15-17-28)13-6-12-26-25(29)20-8-5-7-19-22(34-35(2,30)31)11-18-33-24(19)20/h3-5,7-10,22H,6,11-18H2,1-2H3,(H,26,29)/t22-/m0/s1. The molecule has 2 aliphatic heterocycles. The number of hydrogen-bond acceptors (Lipinski definition) is 8. The van der Waals surface area contributed by atoms with E-state index in [9.17, 15) is 13.2 Å². The second-order valence-corrected chi connectivity index (χ2v) is 10.4. The van der Waals surface area contributed by atoms with Gasteiger partial charge in [0.15, 0.2) is 0 Å². The summed E-state index contributed by atoms with van der Waals surface area (Å²) in [5, 5.41) is 2.97. The van der Waals surface area contributed by atoms with Crippen molar-refractivity contribution < 1.29 is 26.9 Å². The number of ether oxygens (including phenoxy) is 2. The Balaban J connectivity index is 1.25. The van der Waals surface area contributed by atoms with E-state index >= 15 is 0 Å². The molecule has 35 heavy (non-hydrogen) atoms. The smallest absolute Gasteiger partial charge is 0.264 e. The van der Waals surface area contributed by atoms with Crippen LogP contribution in [0.3, 0.4) is 0 Å². The average molecular weight is 504 g/mol. The lowest BCUT2D eigenvalue weighted by atomic mass is 9.99. The zero-order valence-corrected chi connectivity index (χ0v) is 21.1. The number of amides is 1. The van der Waals surface area contributed by atoms with E-state index in [0.717, 1.165) is 56.8 Å². The molecule has 0 spiro atoms. The lowest BCUT2D eigenvalue weighted by Gasteiger charge is -2.36. The summed E-state index contributed by atoms with van der Waals surface area (Å²) in [5.74, 6) is 1.06. The van der Waals surface area contributed by atoms with Gasteiger partial charge < -0.3 is 19.7 Å². The maximum atomic E-state index is 12.8. The fourth-order valence-corrected chi connectivity index (χ4v) is 5.21. The molecule has 1 atom stereocenters. The third-order valence-electron chi connectivity index (χ3n) is 6.29. The van der Waals surface area contributed by atoms with Crippen LogP contribution in [-0.4, -0.2) is 78.5 Å². The number of carbonyl (C=O) groups excluding carboxylic acids is 1. The minimum absolute atomic E-state index is 0.233. The fourth-order valence-electron chi connectivity index (χ4n) is 4.59. The highest BCUT2D eigenvalue weighted by Crippen LogP contribution is 2.37. The largest absolute Gasteiger partial charge is 0.495 e. The van der Waals surface area contributed by atoms with Crippen LogP contribution in [0.15, 0.2) is 42.5 Å². The second kappa shape index (κ2) is 11.3. The monoisotopic (exact) mass is 503 g/mol. The number of anilines is 1. The van der Waals surface area contributed by atoms with Crippen molar-refractivity contribution in [1.82, 2.24) is 10.2 Å². The lowest BCUT2D eigenvalue weighted by molar-refractivity contribution is 0.0941. The average Bonchev–Trinajstić information content (AvgIpc) is 2.86. The van der Waals surface area contributed by atoms with Crippen molar-refractivity contribution in [2.24, 2.45) is 0 Å². The number of rotatable bonds is 9. The third-order valence-corrected chi connectivity index (χ3v) is 6.87. The Morgan fingerprint density at radius 3 is 2.63 bits per heavy atom. The molecule has 0 saturated carbocycles. The number of benzene rings is 2. The van der Waals surface area contributed by atoms with E-state index in [-0.39, 0.29) is 12.5 Å². The van der Waals surface area contributed by atoms with Crippen molar-refractivity contribution >= 4 is 21.7 Å². The first-order valence-corrected chi connectivity index (χ1v) is 13.7. The van der Waals surface area contributed by atoms with Crippen LogP contribution in [0.2, 0.25) is 0 Å². The van der Waals surface area contributed by atoms with Gasteiger partial charge in [0.05, 0.1) is 31.2 Å². The first-order valence-electron chi connectivity index (χ1n) is 11.9. The predicted octanol–water partition coefficient (Wildman–Crippen LogP) is 2.44. The highest BCUT2D eigenvalue weighted by Gasteiger charge is 2.29. The van der Waals surface area contributed by atoms with Gasteiger partial charge in [-0.1, -0.05) is 24.3 Å². The first-order chi connectivity index (χ1) is 16.9. The van der Waals surface area contributed by atoms with Crippen molar-refractivity contribution in [3.63, 3.8) is 0 Å². The Morgan fingerprint density at radius 2 is 1.89 bits per heavy atom. The Hall–Kier alpha value is -2.82.